The number of nitrogens with one attached hydrogen (secondary N) is 8. The topological polar surface area (TPSA) is 511 Å². The maximum atomic E-state index is 15.1. The number of phenolic OH excluding ortho intramolecular Hbond substituents is 1. The van der Waals surface area contributed by atoms with Crippen molar-refractivity contribution in [3.05, 3.63) is 81.3 Å². The van der Waals surface area contributed by atoms with Crippen molar-refractivity contribution in [2.75, 3.05) is 64.7 Å². The molecule has 3 aromatic rings. The lowest BCUT2D eigenvalue weighted by molar-refractivity contribution is -0.151. The molecule has 14 N–H and O–H groups in total. The first-order valence-corrected chi connectivity index (χ1v) is 44.2. The number of aromatic hydroxyl groups is 1. The summed E-state index contributed by atoms with van der Waals surface area (Å²) in [4.78, 5) is 202. The molecule has 0 spiro atoms. The minimum absolute atomic E-state index is 0.0173. The largest absolute Gasteiger partial charge is 0.508 e. The van der Waals surface area contributed by atoms with E-state index < -0.39 is 145 Å². The second kappa shape index (κ2) is 55.4. The van der Waals surface area contributed by atoms with Gasteiger partial charge < -0.3 is 87.5 Å². The van der Waals surface area contributed by atoms with Crippen LogP contribution in [0.3, 0.4) is 0 Å². The summed E-state index contributed by atoms with van der Waals surface area (Å²) in [6, 6.07) is 5.58. The van der Waals surface area contributed by atoms with E-state index in [9.17, 15) is 92.7 Å². The number of unbranched alkanes of at least 4 members (excludes halogenated alkanes) is 5. The number of rotatable bonds is 60. The summed E-state index contributed by atoms with van der Waals surface area (Å²) in [6.45, 7) is 15.0. The lowest BCUT2D eigenvalue weighted by Crippen LogP contribution is -2.50. The van der Waals surface area contributed by atoms with E-state index in [-0.39, 0.29) is 142 Å². The highest BCUT2D eigenvalue weighted by Gasteiger charge is 2.40. The molecule has 0 aliphatic carbocycles. The fourth-order valence-corrected chi connectivity index (χ4v) is 16.3. The third-order valence-corrected chi connectivity index (χ3v) is 24.0. The smallest absolute Gasteiger partial charge is 0.327 e. The Morgan fingerprint density at radius 1 is 0.647 bits per heavy atom. The molecule has 37 heteroatoms. The molecule has 4 rings (SSSR count). The molecule has 1 aliphatic heterocycles. The highest BCUT2D eigenvalue weighted by atomic mass is 33.1. The molecule has 34 nitrogen and oxygen atoms in total. The molecule has 2 unspecified atom stereocenters. The van der Waals surface area contributed by atoms with Crippen molar-refractivity contribution in [2.24, 2.45) is 29.6 Å². The Bertz CT molecular complexity index is 3780. The van der Waals surface area contributed by atoms with E-state index in [2.05, 4.69) is 68.2 Å². The van der Waals surface area contributed by atoms with Gasteiger partial charge in [0.2, 0.25) is 23.6 Å². The zero-order valence-electron chi connectivity index (χ0n) is 69.4. The van der Waals surface area contributed by atoms with Crippen LogP contribution < -0.4 is 42.5 Å². The number of carbonyl (C=O) groups is 15. The number of aliphatic carboxylic acids is 5. The van der Waals surface area contributed by atoms with Gasteiger partial charge in [-0.1, -0.05) is 145 Å². The first-order chi connectivity index (χ1) is 56.6. The number of likely N-dealkylation sites (N-methyl/N-ethyl adjacent to an activating group) is 1. The van der Waals surface area contributed by atoms with Crippen LogP contribution in [0.25, 0.3) is 0 Å². The molecule has 1 fully saturated rings. The van der Waals surface area contributed by atoms with E-state index in [4.69, 9.17) is 19.6 Å². The van der Waals surface area contributed by atoms with E-state index in [0.29, 0.717) is 48.4 Å². The first kappa shape index (κ1) is 102. The Kier molecular flexibility index (Phi) is 47.4. The van der Waals surface area contributed by atoms with Gasteiger partial charge in [0.25, 0.3) is 5.91 Å². The Labute approximate surface area is 707 Å². The lowest BCUT2D eigenvalue weighted by Gasteiger charge is -2.39. The van der Waals surface area contributed by atoms with Gasteiger partial charge in [-0.05, 0) is 118 Å². The molecule has 1 aliphatic rings. The number of thiazole rings is 1. The Morgan fingerprint density at radius 2 is 1.31 bits per heavy atom. The van der Waals surface area contributed by atoms with Crippen molar-refractivity contribution in [3.8, 4) is 5.75 Å². The maximum absolute atomic E-state index is 15.1. The summed E-state index contributed by atoms with van der Waals surface area (Å²) < 4.78 is 11.6. The second-order valence-electron chi connectivity index (χ2n) is 30.6. The zero-order chi connectivity index (χ0) is 88.1. The molecule has 0 bridgehead atoms. The highest BCUT2D eigenvalue weighted by Crippen LogP contribution is 2.34. The highest BCUT2D eigenvalue weighted by molar-refractivity contribution is 8.76. The molecule has 119 heavy (non-hydrogen) atoms. The van der Waals surface area contributed by atoms with Crippen LogP contribution in [0.15, 0.2) is 53.9 Å². The van der Waals surface area contributed by atoms with Crippen LogP contribution in [0, 0.1) is 29.6 Å². The number of phenols is 1. The average molecular weight is 1730 g/mol. The molecule has 662 valence electrons. The van der Waals surface area contributed by atoms with Gasteiger partial charge in [-0.3, -0.25) is 57.6 Å². The summed E-state index contributed by atoms with van der Waals surface area (Å²) in [6.07, 6.45) is 7.26. The monoisotopic (exact) mass is 1730 g/mol. The van der Waals surface area contributed by atoms with Crippen molar-refractivity contribution in [1.82, 2.24) is 57.3 Å². The summed E-state index contributed by atoms with van der Waals surface area (Å²) >= 11 is 1.32. The van der Waals surface area contributed by atoms with Gasteiger partial charge in [0.1, 0.15) is 43.4 Å². The van der Waals surface area contributed by atoms with Crippen molar-refractivity contribution < 1.29 is 112 Å². The van der Waals surface area contributed by atoms with Crippen molar-refractivity contribution >= 4 is 122 Å². The third kappa shape index (κ3) is 40.0. The Morgan fingerprint density at radius 3 is 1.96 bits per heavy atom. The number of esters is 1. The standard InChI is InChI=1S/C82H123N11O23S3/c1-9-11-12-13-18-34-115-49-93(78(108)60(51(5)10-2)43-68(96)65-21-15-17-33-92(65)8)66(50(3)4)38-53(7)77-90-63(47-117-77)76(107)87-58(39-54-27-29-59(94)30-28-54)37-52(6)74(105)85-46-73(104)116-35-36-118-119-48-64(80(111)112)89-75(106)57(42-71(100)101)41-67(95)62(44-72(102)103)88-69(97)40-55-23-25-56(26-24-55)45-86-81(113)83-31-16-14-20-61(79(109)110)91-82(114)84-32-19-22-70(98)99/h23-30,47,50-53,57-58,60-62,64-66,94H,9-22,31-46,48-49H2,1-8H3,(H,85,105)(H,87,107)(H,88,97)(H,89,106)(H,98,99)(H,100,101)(H,102,103)(H,109,110)(H,111,112)(H2,83,86,113)(H2,84,91,114)/t51?,52-,53+,57-,58+,60-,61-,62-,64-,65?,66+/m0/s1. The molecule has 2 heterocycles. The number of nitrogens with zero attached hydrogens (tertiary/aromatic N) is 3. The number of urea groups is 2. The average Bonchev–Trinajstić information content (AvgIpc) is 1.70. The number of carbonyl (C=O) groups excluding carboxylic acids is 10. The number of amides is 9. The first-order valence-electron chi connectivity index (χ1n) is 40.8. The van der Waals surface area contributed by atoms with E-state index in [1.807, 2.05) is 32.7 Å². The number of hydrogen-bond donors (Lipinski definition) is 14. The number of Topliss-reactive ketones (excluding diaryl/α,β-unsaturated/α-hetero) is 2. The zero-order valence-corrected chi connectivity index (χ0v) is 71.9. The molecule has 1 aromatic heterocycles. The second-order valence-corrected chi connectivity index (χ2v) is 34.1. The number of likely N-dealkylation sites (tertiary alicyclic amines) is 1. The summed E-state index contributed by atoms with van der Waals surface area (Å²) in [5.41, 5.74) is 1.90. The normalized spacial score (nSPS) is 15.3. The Balaban J connectivity index is 1.26. The predicted octanol–water partition coefficient (Wildman–Crippen LogP) is 8.06. The van der Waals surface area contributed by atoms with Crippen LogP contribution in [-0.2, 0) is 86.4 Å². The molecule has 2 aromatic carbocycles. The number of hydrogen-bond acceptors (Lipinski definition) is 23. The number of carboxylic acids is 5. The summed E-state index contributed by atoms with van der Waals surface area (Å²) in [5, 5.41) is 80.1. The van der Waals surface area contributed by atoms with Crippen LogP contribution >= 0.6 is 32.9 Å². The quantitative estimate of drug-likeness (QED) is 0.0110. The van der Waals surface area contributed by atoms with Gasteiger partial charge in [0, 0.05) is 92.2 Å². The molecular formula is C82H123N11O23S3. The number of piperidine rings is 1. The number of benzene rings is 2. The summed E-state index contributed by atoms with van der Waals surface area (Å²) in [5.74, 6) is -15.2. The van der Waals surface area contributed by atoms with Gasteiger partial charge in [0.05, 0.1) is 42.3 Å². The number of carboxylic acid groups (broad SMARTS) is 5. The van der Waals surface area contributed by atoms with Crippen molar-refractivity contribution in [3.63, 3.8) is 0 Å². The van der Waals surface area contributed by atoms with Gasteiger partial charge in [-0.15, -0.1) is 11.3 Å². The maximum Gasteiger partial charge on any atom is 0.327 e. The van der Waals surface area contributed by atoms with Gasteiger partial charge in [-0.25, -0.2) is 24.2 Å². The third-order valence-electron chi connectivity index (χ3n) is 20.5. The van der Waals surface area contributed by atoms with Crippen LogP contribution in [0.4, 0.5) is 9.59 Å². The number of ether oxygens (including phenoxy) is 2. The molecule has 11 atom stereocenters. The van der Waals surface area contributed by atoms with Crippen LogP contribution in [0.1, 0.15) is 215 Å². The molecular weight excluding hydrogens is 1600 g/mol. The van der Waals surface area contributed by atoms with Crippen molar-refractivity contribution in [1.29, 1.82) is 0 Å². The van der Waals surface area contributed by atoms with Crippen molar-refractivity contribution in [2.45, 2.75) is 238 Å². The van der Waals surface area contributed by atoms with Gasteiger partial charge in [0.15, 0.2) is 11.6 Å². The minimum Gasteiger partial charge on any atom is -0.508 e. The minimum atomic E-state index is -1.74. The molecule has 1 saturated heterocycles. The van der Waals surface area contributed by atoms with Gasteiger partial charge in [-0.2, -0.15) is 0 Å². The Hall–Kier alpha value is -9.46. The lowest BCUT2D eigenvalue weighted by atomic mass is 9.82. The molecule has 0 saturated carbocycles. The number of aromatic nitrogens is 1. The van der Waals surface area contributed by atoms with Crippen LogP contribution in [-0.4, -0.2) is 235 Å². The fourth-order valence-electron chi connectivity index (χ4n) is 13.4. The van der Waals surface area contributed by atoms with E-state index in [0.717, 1.165) is 85.1 Å². The number of ketones is 2. The van der Waals surface area contributed by atoms with Crippen LogP contribution in [0.5, 0.6) is 5.75 Å². The van der Waals surface area contributed by atoms with E-state index in [1.165, 1.54) is 35.6 Å². The predicted molar refractivity (Wildman–Crippen MR) is 447 cm³/mol. The molecule has 9 amide bonds. The fraction of sp³-hybridized carbons (Fsp3) is 0.634. The summed E-state index contributed by atoms with van der Waals surface area (Å²) in [7, 11) is 3.98. The van der Waals surface area contributed by atoms with E-state index >= 15 is 4.79 Å². The van der Waals surface area contributed by atoms with Crippen LogP contribution in [0.2, 0.25) is 0 Å². The SMILES string of the molecule is CCCCCCCOCN(C(=O)[C@@H](CC(=O)C1CCCCN1C)C(C)CC)[C@H](C[C@@H](C)c1nc(C(=O)N[C@@H](Cc2ccc(O)cc2)C[C@H](C)C(=O)NCC(=O)OCCSSC[C@H](NC(=O)[C@H](CC(=O)O)CC(=O)[C@H](CC(=O)O)NC(=O)Cc2ccc(CNC(=O)NCCCC[C@H](NC(=O)NCCCC(=O)O)C(=O)O)cc2)C(=O)O)cs1)C(C)C. The van der Waals surface area contributed by atoms with E-state index in [1.54, 1.807) is 36.6 Å². The van der Waals surface area contributed by atoms with Gasteiger partial charge >= 0.3 is 47.9 Å². The molecule has 0 radical (unpaired) electrons.